The molecule has 0 aromatic rings. The van der Waals surface area contributed by atoms with Crippen molar-refractivity contribution in [2.75, 3.05) is 27.2 Å². The van der Waals surface area contributed by atoms with Crippen LogP contribution in [-0.2, 0) is 4.74 Å². The molecule has 0 saturated carbocycles. The zero-order valence-electron chi connectivity index (χ0n) is 8.79. The normalized spacial score (nSPS) is 28.4. The average molecular weight is 195 g/mol. The van der Waals surface area contributed by atoms with E-state index in [1.807, 2.05) is 6.08 Å². The Labute approximate surface area is 84.7 Å². The topological polar surface area (TPSA) is 32.7 Å². The van der Waals surface area contributed by atoms with Gasteiger partial charge in [-0.15, -0.1) is 0 Å². The highest BCUT2D eigenvalue weighted by Crippen LogP contribution is 2.34. The monoisotopic (exact) mass is 195 g/mol. The molecule has 1 aliphatic heterocycles. The molecule has 0 spiro atoms. The molecule has 0 amide bonds. The highest BCUT2D eigenvalue weighted by atomic mass is 16.5. The number of likely N-dealkylation sites (tertiary alicyclic amines) is 1. The van der Waals surface area contributed by atoms with E-state index >= 15 is 0 Å². The van der Waals surface area contributed by atoms with Crippen LogP contribution in [0.4, 0.5) is 0 Å². The quantitative estimate of drug-likeness (QED) is 0.691. The summed E-state index contributed by atoms with van der Waals surface area (Å²) < 4.78 is 5.12. The van der Waals surface area contributed by atoms with Crippen molar-refractivity contribution >= 4 is 0 Å². The Hall–Kier alpha value is -0.960. The van der Waals surface area contributed by atoms with Crippen molar-refractivity contribution in [1.29, 1.82) is 0 Å². The molecule has 2 aliphatic rings. The Morgan fingerprint density at radius 3 is 3.07 bits per heavy atom. The van der Waals surface area contributed by atoms with Gasteiger partial charge in [0.1, 0.15) is 0 Å². The third-order valence-corrected chi connectivity index (χ3v) is 3.14. The fourth-order valence-corrected chi connectivity index (χ4v) is 2.26. The summed E-state index contributed by atoms with van der Waals surface area (Å²) >= 11 is 0. The Bertz CT molecular complexity index is 294. The predicted octanol–water partition coefficient (Wildman–Crippen LogP) is 1.68. The molecule has 0 aromatic heterocycles. The zero-order valence-corrected chi connectivity index (χ0v) is 8.79. The maximum absolute atomic E-state index is 9.94. The van der Waals surface area contributed by atoms with E-state index in [0.29, 0.717) is 17.4 Å². The van der Waals surface area contributed by atoms with Crippen molar-refractivity contribution in [2.24, 2.45) is 5.92 Å². The SMILES string of the molecule is COC1=CCC2CCN(C)CC2=C1O. The van der Waals surface area contributed by atoms with Gasteiger partial charge < -0.3 is 14.7 Å². The van der Waals surface area contributed by atoms with Crippen LogP contribution < -0.4 is 0 Å². The number of piperidine rings is 1. The van der Waals surface area contributed by atoms with Crippen LogP contribution >= 0.6 is 0 Å². The van der Waals surface area contributed by atoms with Gasteiger partial charge in [-0.2, -0.15) is 0 Å². The van der Waals surface area contributed by atoms with Crippen molar-refractivity contribution in [3.8, 4) is 0 Å². The first kappa shape index (κ1) is 9.59. The fourth-order valence-electron chi connectivity index (χ4n) is 2.26. The van der Waals surface area contributed by atoms with Gasteiger partial charge in [0.05, 0.1) is 7.11 Å². The lowest BCUT2D eigenvalue weighted by molar-refractivity contribution is 0.216. The largest absolute Gasteiger partial charge is 0.504 e. The minimum Gasteiger partial charge on any atom is -0.504 e. The van der Waals surface area contributed by atoms with Gasteiger partial charge in [-0.25, -0.2) is 0 Å². The van der Waals surface area contributed by atoms with E-state index in [1.54, 1.807) is 7.11 Å². The van der Waals surface area contributed by atoms with Crippen molar-refractivity contribution in [3.05, 3.63) is 23.2 Å². The Morgan fingerprint density at radius 1 is 1.57 bits per heavy atom. The molecule has 1 fully saturated rings. The van der Waals surface area contributed by atoms with Gasteiger partial charge in [-0.05, 0) is 44.0 Å². The molecule has 1 aliphatic carbocycles. The van der Waals surface area contributed by atoms with Gasteiger partial charge in [-0.3, -0.25) is 0 Å². The van der Waals surface area contributed by atoms with Gasteiger partial charge in [0.15, 0.2) is 11.5 Å². The molecule has 1 unspecified atom stereocenters. The van der Waals surface area contributed by atoms with Crippen LogP contribution in [0, 0.1) is 5.92 Å². The van der Waals surface area contributed by atoms with Gasteiger partial charge in [-0.1, -0.05) is 0 Å². The second-order valence-electron chi connectivity index (χ2n) is 4.11. The second kappa shape index (κ2) is 3.65. The summed E-state index contributed by atoms with van der Waals surface area (Å²) in [4.78, 5) is 2.24. The molecule has 1 atom stereocenters. The molecule has 1 heterocycles. The van der Waals surface area contributed by atoms with E-state index in [9.17, 15) is 5.11 Å². The molecule has 1 N–H and O–H groups in total. The predicted molar refractivity (Wildman–Crippen MR) is 55.0 cm³/mol. The summed E-state index contributed by atoms with van der Waals surface area (Å²) in [7, 11) is 3.69. The first-order chi connectivity index (χ1) is 6.72. The van der Waals surface area contributed by atoms with Gasteiger partial charge in [0, 0.05) is 6.54 Å². The van der Waals surface area contributed by atoms with Crippen LogP contribution in [0.3, 0.4) is 0 Å². The van der Waals surface area contributed by atoms with Gasteiger partial charge in [0.25, 0.3) is 0 Å². The number of aliphatic hydroxyl groups excluding tert-OH is 1. The van der Waals surface area contributed by atoms with Crippen molar-refractivity contribution in [2.45, 2.75) is 12.8 Å². The second-order valence-corrected chi connectivity index (χ2v) is 4.11. The molecule has 0 aromatic carbocycles. The number of allylic oxidation sites excluding steroid dienone is 1. The lowest BCUT2D eigenvalue weighted by atomic mass is 9.84. The summed E-state index contributed by atoms with van der Waals surface area (Å²) in [5.74, 6) is 1.55. The number of likely N-dealkylation sites (N-methyl/N-ethyl adjacent to an activating group) is 1. The molecular weight excluding hydrogens is 178 g/mol. The Morgan fingerprint density at radius 2 is 2.36 bits per heavy atom. The minimum atomic E-state index is 0.371. The summed E-state index contributed by atoms with van der Waals surface area (Å²) in [5, 5.41) is 9.94. The van der Waals surface area contributed by atoms with Crippen LogP contribution in [0.2, 0.25) is 0 Å². The van der Waals surface area contributed by atoms with E-state index in [2.05, 4.69) is 11.9 Å². The van der Waals surface area contributed by atoms with Gasteiger partial charge >= 0.3 is 0 Å². The van der Waals surface area contributed by atoms with Crippen molar-refractivity contribution in [1.82, 2.24) is 4.90 Å². The summed E-state index contributed by atoms with van der Waals surface area (Å²) in [6, 6.07) is 0. The minimum absolute atomic E-state index is 0.371. The van der Waals surface area contributed by atoms with Crippen LogP contribution in [0.1, 0.15) is 12.8 Å². The number of aliphatic hydroxyl groups is 1. The number of fused-ring (bicyclic) bond motifs is 1. The number of methoxy groups -OCH3 is 1. The maximum Gasteiger partial charge on any atom is 0.158 e. The maximum atomic E-state index is 9.94. The first-order valence-electron chi connectivity index (χ1n) is 5.07. The van der Waals surface area contributed by atoms with E-state index in [1.165, 1.54) is 0 Å². The summed E-state index contributed by atoms with van der Waals surface area (Å²) in [6.07, 6.45) is 4.15. The van der Waals surface area contributed by atoms with E-state index in [0.717, 1.165) is 31.5 Å². The first-order valence-corrected chi connectivity index (χ1v) is 5.07. The third-order valence-electron chi connectivity index (χ3n) is 3.14. The highest BCUT2D eigenvalue weighted by Gasteiger charge is 2.28. The molecule has 2 rings (SSSR count). The summed E-state index contributed by atoms with van der Waals surface area (Å²) in [6.45, 7) is 1.99. The van der Waals surface area contributed by atoms with Crippen LogP contribution in [0.15, 0.2) is 23.2 Å². The number of ether oxygens (including phenoxy) is 1. The lowest BCUT2D eigenvalue weighted by Crippen LogP contribution is -2.34. The number of rotatable bonds is 1. The highest BCUT2D eigenvalue weighted by molar-refractivity contribution is 5.33. The molecular formula is C11H17NO2. The number of nitrogens with zero attached hydrogens (tertiary/aromatic N) is 1. The van der Waals surface area contributed by atoms with Crippen LogP contribution in [-0.4, -0.2) is 37.3 Å². The Kier molecular flexibility index (Phi) is 2.50. The Balaban J connectivity index is 2.26. The molecule has 3 nitrogen and oxygen atoms in total. The van der Waals surface area contributed by atoms with Crippen LogP contribution in [0.5, 0.6) is 0 Å². The molecule has 0 bridgehead atoms. The lowest BCUT2D eigenvalue weighted by Gasteiger charge is -2.34. The third kappa shape index (κ3) is 1.52. The molecule has 14 heavy (non-hydrogen) atoms. The molecule has 0 radical (unpaired) electrons. The van der Waals surface area contributed by atoms with Gasteiger partial charge in [0.2, 0.25) is 0 Å². The average Bonchev–Trinajstić information content (AvgIpc) is 2.20. The van der Waals surface area contributed by atoms with Crippen LogP contribution in [0.25, 0.3) is 0 Å². The van der Waals surface area contributed by atoms with E-state index < -0.39 is 0 Å². The summed E-state index contributed by atoms with van der Waals surface area (Å²) in [5.41, 5.74) is 1.15. The standard InChI is InChI=1S/C11H17NO2/c1-12-6-5-8-3-4-10(14-2)11(13)9(8)7-12/h4,8,13H,3,5-7H2,1-2H3. The van der Waals surface area contributed by atoms with E-state index in [-0.39, 0.29) is 0 Å². The smallest absolute Gasteiger partial charge is 0.158 e. The van der Waals surface area contributed by atoms with Crippen molar-refractivity contribution in [3.63, 3.8) is 0 Å². The molecule has 78 valence electrons. The number of hydrogen-bond donors (Lipinski definition) is 1. The number of hydrogen-bond acceptors (Lipinski definition) is 3. The molecule has 1 saturated heterocycles. The fraction of sp³-hybridized carbons (Fsp3) is 0.636. The molecule has 3 heteroatoms. The van der Waals surface area contributed by atoms with Crippen molar-refractivity contribution < 1.29 is 9.84 Å². The van der Waals surface area contributed by atoms with E-state index in [4.69, 9.17) is 4.74 Å². The zero-order chi connectivity index (χ0) is 10.1.